The third-order valence-electron chi connectivity index (χ3n) is 4.91. The fraction of sp³-hybridized carbons (Fsp3) is 0.0741. The summed E-state index contributed by atoms with van der Waals surface area (Å²) in [5.41, 5.74) is 1.50. The molecule has 1 N–H and O–H groups in total. The van der Waals surface area contributed by atoms with E-state index in [1.807, 2.05) is 49.4 Å². The number of benzene rings is 3. The average Bonchev–Trinajstić information content (AvgIpc) is 3.17. The number of aromatic nitrogens is 1. The second-order valence-electron chi connectivity index (χ2n) is 7.20. The Kier molecular flexibility index (Phi) is 7.01. The van der Waals surface area contributed by atoms with Crippen LogP contribution in [0.1, 0.15) is 12.5 Å². The highest BCUT2D eigenvalue weighted by molar-refractivity contribution is 7.07. The molecule has 0 saturated carbocycles. The third-order valence-corrected chi connectivity index (χ3v) is 6.00. The summed E-state index contributed by atoms with van der Waals surface area (Å²) >= 11 is 1.11. The van der Waals surface area contributed by atoms with Crippen LogP contribution in [-0.4, -0.2) is 17.1 Å². The summed E-state index contributed by atoms with van der Waals surface area (Å²) in [6.45, 7) is 2.48. The highest BCUT2D eigenvalue weighted by Crippen LogP contribution is 2.13. The molecule has 0 aliphatic carbocycles. The minimum Gasteiger partial charge on any atom is -0.494 e. The van der Waals surface area contributed by atoms with E-state index in [9.17, 15) is 14.9 Å². The standard InChI is InChI=1S/C27H21N3O3S/c1-2-33-22-15-13-19(14-16-22)17-24-26(32)30(21-11-7-4-8-12-21)27(34-24)23(18-28)25(31)29-20-9-5-3-6-10-20/h3-17H,2H2,1H3,(H,29,31)/b24-17+,27-23+. The Balaban J connectivity index is 1.90. The van der Waals surface area contributed by atoms with Gasteiger partial charge in [-0.3, -0.25) is 14.2 Å². The van der Waals surface area contributed by atoms with E-state index in [1.165, 1.54) is 4.57 Å². The summed E-state index contributed by atoms with van der Waals surface area (Å²) in [6, 6.07) is 27.2. The number of rotatable bonds is 6. The predicted octanol–water partition coefficient (Wildman–Crippen LogP) is 3.44. The SMILES string of the molecule is CCOc1ccc(/C=c2/s/c(=C(\C#N)C(=O)Nc3ccccc3)n(-c3ccccc3)c2=O)cc1. The monoisotopic (exact) mass is 467 g/mol. The predicted molar refractivity (Wildman–Crippen MR) is 134 cm³/mol. The first-order valence-electron chi connectivity index (χ1n) is 10.6. The lowest BCUT2D eigenvalue weighted by Gasteiger charge is -2.05. The number of carbonyl (C=O) groups excluding carboxylic acids is 1. The number of para-hydroxylation sites is 2. The second-order valence-corrected chi connectivity index (χ2v) is 8.23. The van der Waals surface area contributed by atoms with Crippen LogP contribution < -0.4 is 24.8 Å². The fourth-order valence-electron chi connectivity index (χ4n) is 3.35. The molecule has 0 aliphatic rings. The zero-order valence-corrected chi connectivity index (χ0v) is 19.2. The highest BCUT2D eigenvalue weighted by Gasteiger charge is 2.17. The van der Waals surface area contributed by atoms with E-state index in [4.69, 9.17) is 4.74 Å². The maximum atomic E-state index is 13.4. The number of amides is 1. The van der Waals surface area contributed by atoms with Crippen LogP contribution in [0.5, 0.6) is 5.75 Å². The van der Waals surface area contributed by atoms with Gasteiger partial charge in [0.25, 0.3) is 11.5 Å². The Morgan fingerprint density at radius 1 is 1.03 bits per heavy atom. The van der Waals surface area contributed by atoms with E-state index < -0.39 is 5.91 Å². The largest absolute Gasteiger partial charge is 0.494 e. The molecule has 0 aliphatic heterocycles. The van der Waals surface area contributed by atoms with Crippen LogP contribution in [0.4, 0.5) is 5.69 Å². The van der Waals surface area contributed by atoms with Gasteiger partial charge >= 0.3 is 0 Å². The molecule has 168 valence electrons. The Hall–Kier alpha value is -4.41. The number of anilines is 1. The molecule has 0 atom stereocenters. The highest BCUT2D eigenvalue weighted by atomic mass is 32.1. The number of hydrogen-bond donors (Lipinski definition) is 1. The van der Waals surface area contributed by atoms with Crippen molar-refractivity contribution in [2.24, 2.45) is 0 Å². The zero-order chi connectivity index (χ0) is 23.9. The third kappa shape index (κ3) is 4.98. The summed E-state index contributed by atoms with van der Waals surface area (Å²) in [5, 5.41) is 12.6. The average molecular weight is 468 g/mol. The molecule has 0 bridgehead atoms. The van der Waals surface area contributed by atoms with Gasteiger partial charge in [0.2, 0.25) is 0 Å². The molecular formula is C27H21N3O3S. The van der Waals surface area contributed by atoms with Crippen molar-refractivity contribution in [3.05, 3.63) is 110 Å². The van der Waals surface area contributed by atoms with Gasteiger partial charge in [-0.05, 0) is 55.0 Å². The van der Waals surface area contributed by atoms with Crippen molar-refractivity contribution >= 4 is 34.6 Å². The second kappa shape index (κ2) is 10.5. The Labute approximate surface area is 200 Å². The van der Waals surface area contributed by atoms with Crippen LogP contribution >= 0.6 is 11.3 Å². The molecule has 1 heterocycles. The summed E-state index contributed by atoms with van der Waals surface area (Å²) < 4.78 is 7.56. The zero-order valence-electron chi connectivity index (χ0n) is 18.4. The molecule has 34 heavy (non-hydrogen) atoms. The first kappa shape index (κ1) is 22.8. The molecular weight excluding hydrogens is 446 g/mol. The fourth-order valence-corrected chi connectivity index (χ4v) is 4.45. The molecule has 0 unspecified atom stereocenters. The molecule has 1 amide bonds. The summed E-state index contributed by atoms with van der Waals surface area (Å²) in [6.07, 6.45) is 1.75. The van der Waals surface area contributed by atoms with Gasteiger partial charge in [0, 0.05) is 5.69 Å². The number of ether oxygens (including phenoxy) is 1. The first-order valence-corrected chi connectivity index (χ1v) is 11.4. The van der Waals surface area contributed by atoms with Crippen LogP contribution in [0, 0.1) is 11.3 Å². The van der Waals surface area contributed by atoms with Gasteiger partial charge in [-0.15, -0.1) is 11.3 Å². The van der Waals surface area contributed by atoms with Gasteiger partial charge < -0.3 is 10.1 Å². The molecule has 4 rings (SSSR count). The lowest BCUT2D eigenvalue weighted by Crippen LogP contribution is -2.32. The van der Waals surface area contributed by atoms with Crippen LogP contribution in [0.15, 0.2) is 89.7 Å². The van der Waals surface area contributed by atoms with Gasteiger partial charge in [-0.1, -0.05) is 48.5 Å². The van der Waals surface area contributed by atoms with E-state index in [-0.39, 0.29) is 15.8 Å². The van der Waals surface area contributed by atoms with Gasteiger partial charge in [0.05, 0.1) is 16.8 Å². The molecule has 0 radical (unpaired) electrons. The van der Waals surface area contributed by atoms with E-state index >= 15 is 0 Å². The molecule has 1 aromatic heterocycles. The van der Waals surface area contributed by atoms with E-state index in [2.05, 4.69) is 5.32 Å². The number of thiazole rings is 1. The van der Waals surface area contributed by atoms with Gasteiger partial charge in [-0.2, -0.15) is 5.26 Å². The Bertz CT molecular complexity index is 1510. The molecule has 3 aromatic carbocycles. The van der Waals surface area contributed by atoms with Gasteiger partial charge in [0.15, 0.2) is 5.57 Å². The van der Waals surface area contributed by atoms with Crippen molar-refractivity contribution in [2.45, 2.75) is 6.92 Å². The number of nitrogens with one attached hydrogen (secondary N) is 1. The molecule has 0 spiro atoms. The quantitative estimate of drug-likeness (QED) is 0.471. The van der Waals surface area contributed by atoms with Crippen molar-refractivity contribution in [1.82, 2.24) is 4.57 Å². The molecule has 7 heteroatoms. The summed E-state index contributed by atoms with van der Waals surface area (Å²) in [7, 11) is 0. The van der Waals surface area contributed by atoms with Gasteiger partial charge in [-0.25, -0.2) is 0 Å². The maximum Gasteiger partial charge on any atom is 0.273 e. The van der Waals surface area contributed by atoms with E-state index in [0.29, 0.717) is 22.5 Å². The minimum absolute atomic E-state index is 0.138. The molecule has 0 saturated heterocycles. The Morgan fingerprint density at radius 2 is 1.68 bits per heavy atom. The smallest absolute Gasteiger partial charge is 0.273 e. The topological polar surface area (TPSA) is 84.1 Å². The van der Waals surface area contributed by atoms with E-state index in [1.54, 1.807) is 54.6 Å². The first-order chi connectivity index (χ1) is 16.6. The van der Waals surface area contributed by atoms with Crippen molar-refractivity contribution in [3.8, 4) is 17.5 Å². The van der Waals surface area contributed by atoms with E-state index in [0.717, 1.165) is 22.6 Å². The van der Waals surface area contributed by atoms with Crippen LogP contribution in [0.25, 0.3) is 17.3 Å². The lowest BCUT2D eigenvalue weighted by atomic mass is 10.2. The summed E-state index contributed by atoms with van der Waals surface area (Å²) in [5.74, 6) is 0.165. The molecule has 6 nitrogen and oxygen atoms in total. The van der Waals surface area contributed by atoms with Crippen LogP contribution in [0.2, 0.25) is 0 Å². The van der Waals surface area contributed by atoms with Crippen molar-refractivity contribution < 1.29 is 9.53 Å². The normalized spacial score (nSPS) is 12.1. The maximum absolute atomic E-state index is 13.4. The van der Waals surface area contributed by atoms with Crippen molar-refractivity contribution in [3.63, 3.8) is 0 Å². The van der Waals surface area contributed by atoms with Crippen molar-refractivity contribution in [2.75, 3.05) is 11.9 Å². The minimum atomic E-state index is -0.577. The number of nitriles is 1. The molecule has 0 fully saturated rings. The van der Waals surface area contributed by atoms with Crippen LogP contribution in [-0.2, 0) is 4.79 Å². The summed E-state index contributed by atoms with van der Waals surface area (Å²) in [4.78, 5) is 26.4. The Morgan fingerprint density at radius 3 is 2.29 bits per heavy atom. The number of nitrogens with zero attached hydrogens (tertiary/aromatic N) is 2. The van der Waals surface area contributed by atoms with Crippen molar-refractivity contribution in [1.29, 1.82) is 5.26 Å². The number of carbonyl (C=O) groups is 1. The lowest BCUT2D eigenvalue weighted by molar-refractivity contribution is -0.111. The van der Waals surface area contributed by atoms with Crippen LogP contribution in [0.3, 0.4) is 0 Å². The van der Waals surface area contributed by atoms with Gasteiger partial charge in [0.1, 0.15) is 16.5 Å². The number of hydrogen-bond acceptors (Lipinski definition) is 5. The molecule has 4 aromatic rings.